The second-order valence-electron chi connectivity index (χ2n) is 8.94. The van der Waals surface area contributed by atoms with E-state index in [0.29, 0.717) is 31.8 Å². The van der Waals surface area contributed by atoms with Gasteiger partial charge in [-0.3, -0.25) is 14.7 Å². The zero-order valence-corrected chi connectivity index (χ0v) is 17.7. The molecule has 1 aliphatic carbocycles. The van der Waals surface area contributed by atoms with E-state index < -0.39 is 10.0 Å². The lowest BCUT2D eigenvalue weighted by Crippen LogP contribution is -2.63. The van der Waals surface area contributed by atoms with E-state index in [9.17, 15) is 13.2 Å². The molecule has 3 saturated heterocycles. The Morgan fingerprint density at radius 2 is 1.93 bits per heavy atom. The van der Waals surface area contributed by atoms with Crippen LogP contribution in [0.1, 0.15) is 25.7 Å². The van der Waals surface area contributed by atoms with Gasteiger partial charge in [-0.15, -0.1) is 0 Å². The van der Waals surface area contributed by atoms with E-state index in [1.165, 1.54) is 19.0 Å². The highest BCUT2D eigenvalue weighted by atomic mass is 32.2. The number of amides is 1. The Labute approximate surface area is 172 Å². The zero-order valence-electron chi connectivity index (χ0n) is 16.9. The Balaban J connectivity index is 1.40. The SMILES string of the molecule is CN1CCN2[C@H](C1)C(=O)N(CC1CC1)C21CCN(S(=O)(=O)c2cccnc2)CC1. The monoisotopic (exact) mass is 419 g/mol. The molecule has 4 heterocycles. The third-order valence-corrected chi connectivity index (χ3v) is 8.99. The van der Waals surface area contributed by atoms with Crippen LogP contribution in [-0.2, 0) is 14.8 Å². The van der Waals surface area contributed by atoms with E-state index >= 15 is 0 Å². The molecule has 3 aliphatic heterocycles. The minimum absolute atomic E-state index is 0.0889. The first-order chi connectivity index (χ1) is 13.9. The van der Waals surface area contributed by atoms with E-state index in [1.807, 2.05) is 0 Å². The average Bonchev–Trinajstić information content (AvgIpc) is 3.53. The van der Waals surface area contributed by atoms with Gasteiger partial charge in [-0.25, -0.2) is 8.42 Å². The van der Waals surface area contributed by atoms with Crippen molar-refractivity contribution in [1.82, 2.24) is 24.0 Å². The van der Waals surface area contributed by atoms with Gasteiger partial charge in [-0.2, -0.15) is 4.31 Å². The molecule has 9 heteroatoms. The topological polar surface area (TPSA) is 77.1 Å². The van der Waals surface area contributed by atoms with Gasteiger partial charge in [-0.05, 0) is 50.8 Å². The van der Waals surface area contributed by atoms with Crippen molar-refractivity contribution in [2.45, 2.75) is 42.3 Å². The Kier molecular flexibility index (Phi) is 4.69. The Morgan fingerprint density at radius 3 is 2.59 bits per heavy atom. The molecule has 1 aromatic heterocycles. The molecule has 158 valence electrons. The van der Waals surface area contributed by atoms with Gasteiger partial charge >= 0.3 is 0 Å². The van der Waals surface area contributed by atoms with Crippen molar-refractivity contribution in [3.63, 3.8) is 0 Å². The molecular formula is C20H29N5O3S. The average molecular weight is 420 g/mol. The number of likely N-dealkylation sites (N-methyl/N-ethyl adjacent to an activating group) is 1. The molecule has 0 unspecified atom stereocenters. The van der Waals surface area contributed by atoms with Gasteiger partial charge in [0, 0.05) is 51.7 Å². The van der Waals surface area contributed by atoms with E-state index in [0.717, 1.165) is 26.2 Å². The van der Waals surface area contributed by atoms with Crippen LogP contribution in [0.25, 0.3) is 0 Å². The van der Waals surface area contributed by atoms with Gasteiger partial charge in [-0.1, -0.05) is 0 Å². The van der Waals surface area contributed by atoms with Gasteiger partial charge < -0.3 is 9.80 Å². The van der Waals surface area contributed by atoms with Crippen LogP contribution in [0.15, 0.2) is 29.4 Å². The number of rotatable bonds is 4. The molecule has 4 aliphatic rings. The molecule has 4 fully saturated rings. The summed E-state index contributed by atoms with van der Waals surface area (Å²) in [7, 11) is -1.47. The first-order valence-electron chi connectivity index (χ1n) is 10.6. The maximum atomic E-state index is 13.3. The fourth-order valence-corrected chi connectivity index (χ4v) is 6.68. The summed E-state index contributed by atoms with van der Waals surface area (Å²) in [5, 5.41) is 0. The highest BCUT2D eigenvalue weighted by Gasteiger charge is 2.59. The molecule has 5 rings (SSSR count). The molecule has 8 nitrogen and oxygen atoms in total. The van der Waals surface area contributed by atoms with Crippen LogP contribution >= 0.6 is 0 Å². The standard InChI is InChI=1S/C20H29N5O3S/c1-22-11-12-24-18(15-22)19(26)25(14-16-4-5-16)20(24)6-9-23(10-7-20)29(27,28)17-3-2-8-21-13-17/h2-3,8,13,16,18H,4-7,9-12,14-15H2,1H3/t18-/m1/s1. The highest BCUT2D eigenvalue weighted by molar-refractivity contribution is 7.89. The van der Waals surface area contributed by atoms with Crippen LogP contribution < -0.4 is 0 Å². The molecule has 29 heavy (non-hydrogen) atoms. The van der Waals surface area contributed by atoms with Gasteiger partial charge in [0.05, 0.1) is 5.66 Å². The number of piperazine rings is 1. The van der Waals surface area contributed by atoms with Crippen LogP contribution in [0.5, 0.6) is 0 Å². The summed E-state index contributed by atoms with van der Waals surface area (Å²) in [5.74, 6) is 0.860. The number of fused-ring (bicyclic) bond motifs is 2. The molecule has 0 bridgehead atoms. The van der Waals surface area contributed by atoms with Gasteiger partial charge in [0.2, 0.25) is 15.9 Å². The maximum absolute atomic E-state index is 13.3. The number of piperidine rings is 1. The Bertz CT molecular complexity index is 881. The predicted octanol–water partition coefficient (Wildman–Crippen LogP) is 0.431. The Hall–Kier alpha value is -1.55. The largest absolute Gasteiger partial charge is 0.322 e. The van der Waals surface area contributed by atoms with Crippen LogP contribution in [0.3, 0.4) is 0 Å². The van der Waals surface area contributed by atoms with Crippen LogP contribution in [0.2, 0.25) is 0 Å². The number of sulfonamides is 1. The summed E-state index contributed by atoms with van der Waals surface area (Å²) in [6, 6.07) is 3.16. The quantitative estimate of drug-likeness (QED) is 0.705. The first kappa shape index (κ1) is 19.4. The van der Waals surface area contributed by atoms with Crippen molar-refractivity contribution in [3.05, 3.63) is 24.5 Å². The third-order valence-electron chi connectivity index (χ3n) is 7.10. The smallest absolute Gasteiger partial charge is 0.244 e. The molecule has 1 aromatic rings. The summed E-state index contributed by atoms with van der Waals surface area (Å²) >= 11 is 0. The maximum Gasteiger partial charge on any atom is 0.244 e. The minimum atomic E-state index is -3.55. The summed E-state index contributed by atoms with van der Waals surface area (Å²) < 4.78 is 27.6. The van der Waals surface area contributed by atoms with Crippen LogP contribution in [0, 0.1) is 5.92 Å². The molecule has 0 radical (unpaired) electrons. The van der Waals surface area contributed by atoms with Gasteiger partial charge in [0.15, 0.2) is 0 Å². The van der Waals surface area contributed by atoms with Crippen molar-refractivity contribution in [2.75, 3.05) is 46.3 Å². The van der Waals surface area contributed by atoms with Crippen LogP contribution in [-0.4, -0.2) is 96.3 Å². The Morgan fingerprint density at radius 1 is 1.17 bits per heavy atom. The normalized spacial score (nSPS) is 28.8. The van der Waals surface area contributed by atoms with Gasteiger partial charge in [0.1, 0.15) is 10.9 Å². The number of carbonyl (C=O) groups excluding carboxylic acids is 1. The van der Waals surface area contributed by atoms with Crippen molar-refractivity contribution in [2.24, 2.45) is 5.92 Å². The summed E-state index contributed by atoms with van der Waals surface area (Å²) in [6.45, 7) is 4.27. The number of hydrogen-bond acceptors (Lipinski definition) is 6. The fraction of sp³-hybridized carbons (Fsp3) is 0.700. The van der Waals surface area contributed by atoms with Crippen LogP contribution in [0.4, 0.5) is 0 Å². The van der Waals surface area contributed by atoms with E-state index in [2.05, 4.69) is 26.7 Å². The van der Waals surface area contributed by atoms with Crippen molar-refractivity contribution in [1.29, 1.82) is 0 Å². The van der Waals surface area contributed by atoms with E-state index in [1.54, 1.807) is 22.6 Å². The lowest BCUT2D eigenvalue weighted by atomic mass is 9.94. The highest BCUT2D eigenvalue weighted by Crippen LogP contribution is 2.44. The second kappa shape index (κ2) is 7.01. The molecule has 0 aromatic carbocycles. The molecular weight excluding hydrogens is 390 g/mol. The molecule has 1 amide bonds. The molecule has 1 saturated carbocycles. The number of nitrogens with zero attached hydrogens (tertiary/aromatic N) is 5. The lowest BCUT2D eigenvalue weighted by molar-refractivity contribution is -0.134. The fourth-order valence-electron chi connectivity index (χ4n) is 5.28. The number of aromatic nitrogens is 1. The third kappa shape index (κ3) is 3.19. The summed E-state index contributed by atoms with van der Waals surface area (Å²) in [4.78, 5) is 24.3. The van der Waals surface area contributed by atoms with Crippen molar-refractivity contribution in [3.8, 4) is 0 Å². The number of carbonyl (C=O) groups is 1. The first-order valence-corrected chi connectivity index (χ1v) is 12.0. The summed E-state index contributed by atoms with van der Waals surface area (Å²) in [5.41, 5.74) is -0.327. The second-order valence-corrected chi connectivity index (χ2v) is 10.9. The van der Waals surface area contributed by atoms with Crippen molar-refractivity contribution < 1.29 is 13.2 Å². The number of hydrogen-bond donors (Lipinski definition) is 0. The zero-order chi connectivity index (χ0) is 20.2. The molecule has 0 N–H and O–H groups in total. The van der Waals surface area contributed by atoms with Crippen molar-refractivity contribution >= 4 is 15.9 Å². The van der Waals surface area contributed by atoms with E-state index in [4.69, 9.17) is 0 Å². The summed E-state index contributed by atoms with van der Waals surface area (Å²) in [6.07, 6.45) is 6.74. The van der Waals surface area contributed by atoms with Gasteiger partial charge in [0.25, 0.3) is 0 Å². The molecule has 1 spiro atoms. The minimum Gasteiger partial charge on any atom is -0.322 e. The van der Waals surface area contributed by atoms with E-state index in [-0.39, 0.29) is 22.5 Å². The molecule has 1 atom stereocenters. The predicted molar refractivity (Wildman–Crippen MR) is 107 cm³/mol. The number of pyridine rings is 1. The lowest BCUT2D eigenvalue weighted by Gasteiger charge is -2.50.